The normalized spacial score (nSPS) is 20.6. The van der Waals surface area contributed by atoms with Crippen molar-refractivity contribution in [1.82, 2.24) is 0 Å². The SMILES string of the molecule is CCCCCCCCOc1cc(N2C(C)C(C)N(c3ccc(O)c(OCCCCCCCC)c3)C(C)C2C)ccc1O. The Balaban J connectivity index is 1.66. The minimum Gasteiger partial charge on any atom is -0.504 e. The molecule has 0 aliphatic carbocycles. The van der Waals surface area contributed by atoms with E-state index in [9.17, 15) is 10.2 Å². The summed E-state index contributed by atoms with van der Waals surface area (Å²) >= 11 is 0. The van der Waals surface area contributed by atoms with Crippen LogP contribution in [0.2, 0.25) is 0 Å². The molecule has 0 aromatic heterocycles. The first-order chi connectivity index (χ1) is 20.3. The van der Waals surface area contributed by atoms with Gasteiger partial charge >= 0.3 is 0 Å². The van der Waals surface area contributed by atoms with Crippen LogP contribution in [0.4, 0.5) is 11.4 Å². The molecular formula is C36H58N2O4. The van der Waals surface area contributed by atoms with E-state index < -0.39 is 0 Å². The van der Waals surface area contributed by atoms with Crippen molar-refractivity contribution < 1.29 is 19.7 Å². The highest BCUT2D eigenvalue weighted by atomic mass is 16.5. The first-order valence-corrected chi connectivity index (χ1v) is 16.8. The van der Waals surface area contributed by atoms with Gasteiger partial charge in [0.25, 0.3) is 0 Å². The second-order valence-electron chi connectivity index (χ2n) is 12.3. The summed E-state index contributed by atoms with van der Waals surface area (Å²) in [7, 11) is 0. The number of anilines is 2. The number of nitrogens with zero attached hydrogens (tertiary/aromatic N) is 2. The van der Waals surface area contributed by atoms with Crippen molar-refractivity contribution in [1.29, 1.82) is 0 Å². The van der Waals surface area contributed by atoms with Gasteiger partial charge in [0.15, 0.2) is 23.0 Å². The zero-order valence-corrected chi connectivity index (χ0v) is 27.3. The zero-order chi connectivity index (χ0) is 30.5. The third-order valence-electron chi connectivity index (χ3n) is 9.15. The Hall–Kier alpha value is -2.76. The molecule has 0 spiro atoms. The van der Waals surface area contributed by atoms with Gasteiger partial charge in [-0.15, -0.1) is 0 Å². The first-order valence-electron chi connectivity index (χ1n) is 16.8. The Kier molecular flexibility index (Phi) is 14.0. The second kappa shape index (κ2) is 17.4. The molecule has 6 heteroatoms. The molecule has 2 aromatic carbocycles. The summed E-state index contributed by atoms with van der Waals surface area (Å²) in [6.45, 7) is 14.8. The van der Waals surface area contributed by atoms with Gasteiger partial charge in [-0.3, -0.25) is 0 Å². The summed E-state index contributed by atoms with van der Waals surface area (Å²) in [5, 5.41) is 21.0. The van der Waals surface area contributed by atoms with Crippen molar-refractivity contribution in [2.24, 2.45) is 0 Å². The number of phenolic OH excluding ortho intramolecular Hbond substituents is 2. The lowest BCUT2D eigenvalue weighted by Gasteiger charge is -2.55. The molecule has 1 aliphatic heterocycles. The number of rotatable bonds is 18. The maximum absolute atomic E-state index is 10.5. The van der Waals surface area contributed by atoms with Gasteiger partial charge in [-0.2, -0.15) is 0 Å². The third-order valence-corrected chi connectivity index (χ3v) is 9.15. The fourth-order valence-electron chi connectivity index (χ4n) is 6.30. The van der Waals surface area contributed by atoms with Crippen molar-refractivity contribution in [2.45, 2.75) is 143 Å². The number of ether oxygens (including phenoxy) is 2. The third kappa shape index (κ3) is 9.12. The van der Waals surface area contributed by atoms with Gasteiger partial charge in [-0.1, -0.05) is 78.1 Å². The van der Waals surface area contributed by atoms with Crippen LogP contribution in [0.15, 0.2) is 36.4 Å². The predicted octanol–water partition coefficient (Wildman–Crippen LogP) is 9.46. The molecule has 1 saturated heterocycles. The van der Waals surface area contributed by atoms with Gasteiger partial charge in [0.2, 0.25) is 0 Å². The molecule has 2 N–H and O–H groups in total. The molecule has 0 saturated carbocycles. The van der Waals surface area contributed by atoms with E-state index in [1.54, 1.807) is 12.1 Å². The summed E-state index contributed by atoms with van der Waals surface area (Å²) in [4.78, 5) is 4.92. The Morgan fingerprint density at radius 3 is 1.21 bits per heavy atom. The molecule has 1 fully saturated rings. The molecular weight excluding hydrogens is 524 g/mol. The van der Waals surface area contributed by atoms with Crippen LogP contribution in [0.1, 0.15) is 119 Å². The monoisotopic (exact) mass is 582 g/mol. The van der Waals surface area contributed by atoms with Gasteiger partial charge in [0.1, 0.15) is 0 Å². The van der Waals surface area contributed by atoms with E-state index in [-0.39, 0.29) is 35.7 Å². The fraction of sp³-hybridized carbons (Fsp3) is 0.667. The lowest BCUT2D eigenvalue weighted by Crippen LogP contribution is -2.66. The van der Waals surface area contributed by atoms with Crippen LogP contribution >= 0.6 is 0 Å². The van der Waals surface area contributed by atoms with E-state index in [0.717, 1.165) is 37.1 Å². The molecule has 236 valence electrons. The van der Waals surface area contributed by atoms with Gasteiger partial charge in [-0.25, -0.2) is 0 Å². The molecule has 4 atom stereocenters. The highest BCUT2D eigenvalue weighted by Crippen LogP contribution is 2.40. The standard InChI is InChI=1S/C36H58N2O4/c1-7-9-11-13-15-17-23-41-35-25-31(19-21-33(35)39)37-27(3)29(5)38(30(6)28(37)4)32-20-22-34(40)36(26-32)42-24-18-16-14-12-10-8-2/h19-22,25-30,39-40H,7-18,23-24H2,1-6H3. The Labute approximate surface area is 256 Å². The van der Waals surface area contributed by atoms with Crippen molar-refractivity contribution in [3.05, 3.63) is 36.4 Å². The molecule has 1 aliphatic rings. The van der Waals surface area contributed by atoms with E-state index in [1.807, 2.05) is 24.3 Å². The lowest BCUT2D eigenvalue weighted by molar-refractivity contribution is 0.287. The number of aromatic hydroxyl groups is 2. The summed E-state index contributed by atoms with van der Waals surface area (Å²) in [5.41, 5.74) is 2.13. The molecule has 3 rings (SSSR count). The van der Waals surface area contributed by atoms with Gasteiger partial charge in [0, 0.05) is 47.7 Å². The first kappa shape index (κ1) is 33.7. The number of piperazine rings is 1. The molecule has 4 unspecified atom stereocenters. The molecule has 1 heterocycles. The summed E-state index contributed by atoms with van der Waals surface area (Å²) in [6, 6.07) is 12.4. The molecule has 6 nitrogen and oxygen atoms in total. The van der Waals surface area contributed by atoms with E-state index in [0.29, 0.717) is 24.7 Å². The number of hydrogen-bond donors (Lipinski definition) is 2. The fourth-order valence-corrected chi connectivity index (χ4v) is 6.30. The lowest BCUT2D eigenvalue weighted by atomic mass is 9.92. The smallest absolute Gasteiger partial charge is 0.162 e. The van der Waals surface area contributed by atoms with Crippen LogP contribution in [0.3, 0.4) is 0 Å². The van der Waals surface area contributed by atoms with E-state index in [2.05, 4.69) is 51.3 Å². The number of benzene rings is 2. The van der Waals surface area contributed by atoms with Crippen molar-refractivity contribution in [3.63, 3.8) is 0 Å². The zero-order valence-electron chi connectivity index (χ0n) is 27.3. The number of phenols is 2. The van der Waals surface area contributed by atoms with Crippen molar-refractivity contribution in [2.75, 3.05) is 23.0 Å². The van der Waals surface area contributed by atoms with Gasteiger partial charge in [-0.05, 0) is 64.8 Å². The van der Waals surface area contributed by atoms with Gasteiger partial charge < -0.3 is 29.5 Å². The quantitative estimate of drug-likeness (QED) is 0.171. The maximum Gasteiger partial charge on any atom is 0.162 e. The predicted molar refractivity (Wildman–Crippen MR) is 177 cm³/mol. The molecule has 0 bridgehead atoms. The summed E-state index contributed by atoms with van der Waals surface area (Å²) in [5.74, 6) is 1.52. The van der Waals surface area contributed by atoms with E-state index >= 15 is 0 Å². The van der Waals surface area contributed by atoms with Crippen LogP contribution in [-0.4, -0.2) is 47.6 Å². The molecule has 42 heavy (non-hydrogen) atoms. The van der Waals surface area contributed by atoms with Crippen LogP contribution < -0.4 is 19.3 Å². The van der Waals surface area contributed by atoms with Crippen molar-refractivity contribution in [3.8, 4) is 23.0 Å². The highest BCUT2D eigenvalue weighted by molar-refractivity contribution is 5.62. The molecule has 0 amide bonds. The van der Waals surface area contributed by atoms with Gasteiger partial charge in [0.05, 0.1) is 13.2 Å². The Morgan fingerprint density at radius 2 is 0.857 bits per heavy atom. The highest BCUT2D eigenvalue weighted by Gasteiger charge is 2.40. The Morgan fingerprint density at radius 1 is 0.524 bits per heavy atom. The maximum atomic E-state index is 10.5. The van der Waals surface area contributed by atoms with E-state index in [1.165, 1.54) is 51.4 Å². The minimum atomic E-state index is 0.197. The van der Waals surface area contributed by atoms with Crippen LogP contribution in [0, 0.1) is 0 Å². The number of unbranched alkanes of at least 4 members (excludes halogenated alkanes) is 10. The molecule has 2 aromatic rings. The van der Waals surface area contributed by atoms with Crippen molar-refractivity contribution >= 4 is 11.4 Å². The summed E-state index contributed by atoms with van der Waals surface area (Å²) < 4.78 is 12.1. The molecule has 0 radical (unpaired) electrons. The second-order valence-corrected chi connectivity index (χ2v) is 12.3. The number of hydrogen-bond acceptors (Lipinski definition) is 6. The van der Waals surface area contributed by atoms with Crippen LogP contribution in [0.25, 0.3) is 0 Å². The average molecular weight is 583 g/mol. The average Bonchev–Trinajstić information content (AvgIpc) is 2.98. The largest absolute Gasteiger partial charge is 0.504 e. The summed E-state index contributed by atoms with van der Waals surface area (Å²) in [6.07, 6.45) is 14.5. The topological polar surface area (TPSA) is 65.4 Å². The van der Waals surface area contributed by atoms with Crippen LogP contribution in [0.5, 0.6) is 23.0 Å². The minimum absolute atomic E-state index is 0.197. The van der Waals surface area contributed by atoms with Crippen LogP contribution in [-0.2, 0) is 0 Å². The van der Waals surface area contributed by atoms with E-state index in [4.69, 9.17) is 9.47 Å². The Bertz CT molecular complexity index is 961.